The fraction of sp³-hybridized carbons (Fsp3) is 0.333. The fourth-order valence-electron chi connectivity index (χ4n) is 3.63. The second-order valence-electron chi connectivity index (χ2n) is 7.86. The number of nitrogens with one attached hydrogen (secondary N) is 1. The van der Waals surface area contributed by atoms with E-state index in [-0.39, 0.29) is 30.0 Å². The van der Waals surface area contributed by atoms with Crippen molar-refractivity contribution in [2.45, 2.75) is 46.0 Å². The molecule has 0 saturated carbocycles. The van der Waals surface area contributed by atoms with Gasteiger partial charge in [0.25, 0.3) is 5.91 Å². The molecule has 11 heteroatoms. The van der Waals surface area contributed by atoms with Gasteiger partial charge in [-0.3, -0.25) is 9.79 Å². The van der Waals surface area contributed by atoms with Gasteiger partial charge in [0.15, 0.2) is 0 Å². The van der Waals surface area contributed by atoms with Crippen LogP contribution in [0.3, 0.4) is 0 Å². The Bertz CT molecular complexity index is 1180. The third-order valence-electron chi connectivity index (χ3n) is 5.23. The number of alkyl halides is 3. The second kappa shape index (κ2) is 11.4. The highest BCUT2D eigenvalue weighted by atomic mass is 35.5. The first-order valence-electron chi connectivity index (χ1n) is 11.0. The first kappa shape index (κ1) is 26.2. The summed E-state index contributed by atoms with van der Waals surface area (Å²) in [5.41, 5.74) is 6.84. The van der Waals surface area contributed by atoms with E-state index in [2.05, 4.69) is 20.3 Å². The van der Waals surface area contributed by atoms with E-state index in [0.29, 0.717) is 47.7 Å². The highest BCUT2D eigenvalue weighted by Gasteiger charge is 2.31. The molecule has 0 bridgehead atoms. The summed E-state index contributed by atoms with van der Waals surface area (Å²) in [6.07, 6.45) is 3.45. The van der Waals surface area contributed by atoms with E-state index in [0.717, 1.165) is 12.1 Å². The average Bonchev–Trinajstić information content (AvgIpc) is 2.80. The van der Waals surface area contributed by atoms with E-state index < -0.39 is 11.7 Å². The van der Waals surface area contributed by atoms with E-state index in [1.165, 1.54) is 6.07 Å². The predicted octanol–water partition coefficient (Wildman–Crippen LogP) is 5.17. The molecule has 2 heterocycles. The van der Waals surface area contributed by atoms with Gasteiger partial charge in [0.1, 0.15) is 11.5 Å². The number of nitrogens with zero attached hydrogens (tertiary/aromatic N) is 4. The molecule has 35 heavy (non-hydrogen) atoms. The van der Waals surface area contributed by atoms with Crippen LogP contribution < -0.4 is 11.1 Å². The standard InChI is InChI=1S/C24H26ClF3N6O/c1-3-5-8-30-20(6-4-2)22(35)34-9-7-19-18(14-34)21(33-23(25)32-19)31-13-15-10-16(24(26,27)28)12-17(29)11-15/h3,5-6,8,10-12H,4,7,9,13-14,29H2,1-2H3,(H,31,32,33)/b5-3-,20-6+,30-8+. The van der Waals surface area contributed by atoms with Gasteiger partial charge < -0.3 is 16.0 Å². The molecule has 1 aromatic carbocycles. The van der Waals surface area contributed by atoms with Gasteiger partial charge in [-0.15, -0.1) is 0 Å². The van der Waals surface area contributed by atoms with E-state index in [1.807, 2.05) is 19.9 Å². The lowest BCUT2D eigenvalue weighted by atomic mass is 10.0. The summed E-state index contributed by atoms with van der Waals surface area (Å²) in [6, 6.07) is 3.37. The van der Waals surface area contributed by atoms with Crippen molar-refractivity contribution in [1.82, 2.24) is 14.9 Å². The number of benzene rings is 1. The normalized spacial score (nSPS) is 14.6. The molecular weight excluding hydrogens is 481 g/mol. The molecule has 1 aromatic heterocycles. The quantitative estimate of drug-likeness (QED) is 0.234. The summed E-state index contributed by atoms with van der Waals surface area (Å²) in [7, 11) is 0. The minimum absolute atomic E-state index is 0.00450. The third-order valence-corrected chi connectivity index (χ3v) is 5.40. The van der Waals surface area contributed by atoms with Crippen LogP contribution in [0.2, 0.25) is 5.28 Å². The molecule has 0 radical (unpaired) electrons. The number of amides is 1. The Balaban J connectivity index is 1.84. The lowest BCUT2D eigenvalue weighted by molar-refractivity contribution is -0.137. The van der Waals surface area contributed by atoms with Crippen LogP contribution >= 0.6 is 11.6 Å². The van der Waals surface area contributed by atoms with E-state index in [4.69, 9.17) is 17.3 Å². The maximum atomic E-state index is 13.2. The number of carbonyl (C=O) groups excluding carboxylic acids is 1. The van der Waals surface area contributed by atoms with E-state index >= 15 is 0 Å². The molecule has 1 amide bonds. The number of nitrogen functional groups attached to an aromatic ring is 1. The molecule has 7 nitrogen and oxygen atoms in total. The zero-order valence-electron chi connectivity index (χ0n) is 19.4. The minimum atomic E-state index is -4.51. The molecular formula is C24H26ClF3N6O. The summed E-state index contributed by atoms with van der Waals surface area (Å²) in [4.78, 5) is 27.5. The zero-order valence-corrected chi connectivity index (χ0v) is 20.1. The van der Waals surface area contributed by atoms with Crippen molar-refractivity contribution in [2.24, 2.45) is 4.99 Å². The lowest BCUT2D eigenvalue weighted by Crippen LogP contribution is -2.37. The Morgan fingerprint density at radius 2 is 2.09 bits per heavy atom. The average molecular weight is 507 g/mol. The fourth-order valence-corrected chi connectivity index (χ4v) is 3.82. The Morgan fingerprint density at radius 1 is 1.31 bits per heavy atom. The Labute approximate surface area is 206 Å². The van der Waals surface area contributed by atoms with E-state index in [9.17, 15) is 18.0 Å². The Hall–Kier alpha value is -3.40. The number of hydrogen-bond acceptors (Lipinski definition) is 6. The van der Waals surface area contributed by atoms with Gasteiger partial charge in [0.2, 0.25) is 5.28 Å². The highest BCUT2D eigenvalue weighted by Crippen LogP contribution is 2.32. The number of rotatable bonds is 7. The number of hydrogen-bond donors (Lipinski definition) is 2. The van der Waals surface area contributed by atoms with Gasteiger partial charge >= 0.3 is 6.18 Å². The summed E-state index contributed by atoms with van der Waals surface area (Å²) in [5, 5.41) is 3.05. The number of carbonyl (C=O) groups is 1. The summed E-state index contributed by atoms with van der Waals surface area (Å²) < 4.78 is 39.5. The summed E-state index contributed by atoms with van der Waals surface area (Å²) in [5.74, 6) is 0.122. The molecule has 0 fully saturated rings. The SMILES string of the molecule is C\C=C/C=N/C(=C/CC)C(=O)N1CCc2nc(Cl)nc(NCc3cc(N)cc(C(F)(F)F)c3)c2C1. The molecule has 0 aliphatic carbocycles. The summed E-state index contributed by atoms with van der Waals surface area (Å²) in [6.45, 7) is 4.42. The van der Waals surface area contributed by atoms with Crippen molar-refractivity contribution in [3.05, 3.63) is 69.8 Å². The van der Waals surface area contributed by atoms with Gasteiger partial charge in [-0.05, 0) is 54.8 Å². The molecule has 3 N–H and O–H groups in total. The summed E-state index contributed by atoms with van der Waals surface area (Å²) >= 11 is 6.09. The molecule has 1 aliphatic rings. The maximum Gasteiger partial charge on any atom is 0.416 e. The predicted molar refractivity (Wildman–Crippen MR) is 131 cm³/mol. The van der Waals surface area contributed by atoms with Crippen LogP contribution in [-0.2, 0) is 30.5 Å². The Kier molecular flexibility index (Phi) is 8.50. The van der Waals surface area contributed by atoms with Crippen LogP contribution in [0, 0.1) is 0 Å². The van der Waals surface area contributed by atoms with E-state index in [1.54, 1.807) is 23.3 Å². The van der Waals surface area contributed by atoms with Gasteiger partial charge in [0, 0.05) is 37.0 Å². The lowest BCUT2D eigenvalue weighted by Gasteiger charge is -2.29. The second-order valence-corrected chi connectivity index (χ2v) is 8.20. The van der Waals surface area contributed by atoms with Crippen molar-refractivity contribution < 1.29 is 18.0 Å². The zero-order chi connectivity index (χ0) is 25.6. The number of anilines is 2. The van der Waals surface area contributed by atoms with Crippen molar-refractivity contribution in [2.75, 3.05) is 17.6 Å². The van der Waals surface area contributed by atoms with Crippen molar-refractivity contribution >= 4 is 35.2 Å². The van der Waals surface area contributed by atoms with Gasteiger partial charge in [-0.2, -0.15) is 13.2 Å². The van der Waals surface area contributed by atoms with Crippen molar-refractivity contribution in [1.29, 1.82) is 0 Å². The van der Waals surface area contributed by atoms with Crippen molar-refractivity contribution in [3.8, 4) is 0 Å². The highest BCUT2D eigenvalue weighted by molar-refractivity contribution is 6.28. The first-order chi connectivity index (χ1) is 16.6. The number of aliphatic imine (C=N–C) groups is 1. The monoisotopic (exact) mass is 506 g/mol. The van der Waals surface area contributed by atoms with Crippen LogP contribution in [0.5, 0.6) is 0 Å². The van der Waals surface area contributed by atoms with Gasteiger partial charge in [-0.25, -0.2) is 9.97 Å². The van der Waals surface area contributed by atoms with Crippen molar-refractivity contribution in [3.63, 3.8) is 0 Å². The maximum absolute atomic E-state index is 13.2. The van der Waals surface area contributed by atoms with Crippen LogP contribution in [0.4, 0.5) is 24.7 Å². The number of aromatic nitrogens is 2. The van der Waals surface area contributed by atoms with Crippen LogP contribution in [0.25, 0.3) is 0 Å². The molecule has 0 saturated heterocycles. The number of nitrogens with two attached hydrogens (primary N) is 1. The molecule has 2 aromatic rings. The largest absolute Gasteiger partial charge is 0.416 e. The molecule has 1 aliphatic heterocycles. The molecule has 0 spiro atoms. The number of allylic oxidation sites excluding steroid dienone is 3. The van der Waals surface area contributed by atoms with Gasteiger partial charge in [0.05, 0.1) is 17.8 Å². The van der Waals surface area contributed by atoms with Crippen LogP contribution in [0.15, 0.2) is 47.1 Å². The number of fused-ring (bicyclic) bond motifs is 1. The topological polar surface area (TPSA) is 96.5 Å². The first-order valence-corrected chi connectivity index (χ1v) is 11.4. The minimum Gasteiger partial charge on any atom is -0.399 e. The van der Waals surface area contributed by atoms with Crippen LogP contribution in [0.1, 0.15) is 42.7 Å². The molecule has 0 atom stereocenters. The molecule has 0 unspecified atom stereocenters. The van der Waals surface area contributed by atoms with Crippen LogP contribution in [-0.4, -0.2) is 33.5 Å². The smallest absolute Gasteiger partial charge is 0.399 e. The van der Waals surface area contributed by atoms with Gasteiger partial charge in [-0.1, -0.05) is 19.1 Å². The Morgan fingerprint density at radius 3 is 2.77 bits per heavy atom. The molecule has 186 valence electrons. The number of halogens is 4. The molecule has 3 rings (SSSR count). The third kappa shape index (κ3) is 6.82.